The van der Waals surface area contributed by atoms with Crippen molar-refractivity contribution in [3.8, 4) is 0 Å². The number of rotatable bonds is 6. The summed E-state index contributed by atoms with van der Waals surface area (Å²) in [5, 5.41) is 3.53. The topological polar surface area (TPSA) is 68.2 Å². The first-order valence-corrected chi connectivity index (χ1v) is 11.1. The molecule has 0 aliphatic rings. The lowest BCUT2D eigenvalue weighted by molar-refractivity contribution is -0.116. The van der Waals surface area contributed by atoms with Crippen molar-refractivity contribution >= 4 is 39.9 Å². The number of halogens is 1. The second-order valence-corrected chi connectivity index (χ2v) is 8.39. The molecule has 0 saturated heterocycles. The zero-order valence-electron chi connectivity index (χ0n) is 18.4. The van der Waals surface area contributed by atoms with E-state index >= 15 is 0 Å². The monoisotopic (exact) mass is 458 g/mol. The molecule has 0 bridgehead atoms. The number of hydrogen-bond acceptors (Lipinski definition) is 3. The van der Waals surface area contributed by atoms with E-state index < -0.39 is 11.2 Å². The predicted molar refractivity (Wildman–Crippen MR) is 132 cm³/mol. The van der Waals surface area contributed by atoms with Crippen LogP contribution in [0.4, 0.5) is 5.69 Å². The first kappa shape index (κ1) is 22.5. The van der Waals surface area contributed by atoms with Crippen LogP contribution >= 0.6 is 11.6 Å². The van der Waals surface area contributed by atoms with Crippen molar-refractivity contribution in [1.29, 1.82) is 0 Å². The van der Waals surface area contributed by atoms with Gasteiger partial charge in [-0.3, -0.25) is 14.4 Å². The van der Waals surface area contributed by atoms with Gasteiger partial charge in [-0.05, 0) is 49.2 Å². The molecule has 0 saturated carbocycles. The lowest BCUT2D eigenvalue weighted by Crippen LogP contribution is -2.24. The summed E-state index contributed by atoms with van der Waals surface area (Å²) in [7, 11) is 0. The van der Waals surface area contributed by atoms with E-state index in [0.29, 0.717) is 27.2 Å². The number of carbonyl (C=O) groups excluding carboxylic acids is 2. The van der Waals surface area contributed by atoms with Crippen LogP contribution in [0.15, 0.2) is 77.7 Å². The molecule has 5 nitrogen and oxygen atoms in total. The summed E-state index contributed by atoms with van der Waals surface area (Å²) in [6.07, 6.45) is 2.31. The van der Waals surface area contributed by atoms with Crippen molar-refractivity contribution in [1.82, 2.24) is 4.57 Å². The van der Waals surface area contributed by atoms with Crippen molar-refractivity contribution in [2.75, 3.05) is 5.32 Å². The molecule has 33 heavy (non-hydrogen) atoms. The van der Waals surface area contributed by atoms with E-state index in [2.05, 4.69) is 5.32 Å². The van der Waals surface area contributed by atoms with Gasteiger partial charge in [0.15, 0.2) is 5.78 Å². The number of pyridine rings is 1. The van der Waals surface area contributed by atoms with Gasteiger partial charge < -0.3 is 9.88 Å². The molecule has 1 N–H and O–H groups in total. The molecule has 0 atom stereocenters. The Morgan fingerprint density at radius 3 is 2.33 bits per heavy atom. The summed E-state index contributed by atoms with van der Waals surface area (Å²) in [5.41, 5.74) is 3.40. The second-order valence-electron chi connectivity index (χ2n) is 7.96. The van der Waals surface area contributed by atoms with Crippen molar-refractivity contribution < 1.29 is 9.59 Å². The molecule has 4 aromatic rings. The highest BCUT2D eigenvalue weighted by molar-refractivity contribution is 6.31. The van der Waals surface area contributed by atoms with Gasteiger partial charge in [-0.15, -0.1) is 0 Å². The number of nitrogens with zero attached hydrogens (tertiary/aromatic N) is 1. The quantitative estimate of drug-likeness (QED) is 0.393. The number of nitrogens with one attached hydrogen (secondary N) is 1. The predicted octanol–water partition coefficient (Wildman–Crippen LogP) is 5.40. The van der Waals surface area contributed by atoms with Crippen LogP contribution in [0.25, 0.3) is 10.9 Å². The van der Waals surface area contributed by atoms with Crippen LogP contribution in [-0.2, 0) is 17.8 Å². The SMILES string of the molecule is CCc1ccc(C(=O)c2cn(CC(=O)Nc3ccc(C)cc3)c3ccc(Cl)cc3c2=O)cc1. The third-order valence-electron chi connectivity index (χ3n) is 5.56. The molecule has 4 rings (SSSR count). The number of aromatic nitrogens is 1. The minimum Gasteiger partial charge on any atom is -0.337 e. The average Bonchev–Trinajstić information content (AvgIpc) is 2.82. The average molecular weight is 459 g/mol. The highest BCUT2D eigenvalue weighted by Gasteiger charge is 2.18. The molecule has 1 heterocycles. The maximum atomic E-state index is 13.2. The van der Waals surface area contributed by atoms with Gasteiger partial charge in [0.25, 0.3) is 0 Å². The largest absolute Gasteiger partial charge is 0.337 e. The number of benzene rings is 3. The fourth-order valence-electron chi connectivity index (χ4n) is 3.70. The molecule has 6 heteroatoms. The van der Waals surface area contributed by atoms with Crippen LogP contribution in [0.5, 0.6) is 0 Å². The van der Waals surface area contributed by atoms with Gasteiger partial charge in [0.05, 0.1) is 11.1 Å². The van der Waals surface area contributed by atoms with Crippen molar-refractivity contribution in [3.05, 3.63) is 110 Å². The number of fused-ring (bicyclic) bond motifs is 1. The molecule has 0 aliphatic carbocycles. The highest BCUT2D eigenvalue weighted by Crippen LogP contribution is 2.20. The molecule has 3 aromatic carbocycles. The van der Waals surface area contributed by atoms with E-state index in [1.807, 2.05) is 50.2 Å². The second kappa shape index (κ2) is 9.43. The molecule has 0 aliphatic heterocycles. The number of hydrogen-bond donors (Lipinski definition) is 1. The van der Waals surface area contributed by atoms with Crippen LogP contribution < -0.4 is 10.7 Å². The Balaban J connectivity index is 1.74. The molecule has 1 amide bonds. The fourth-order valence-corrected chi connectivity index (χ4v) is 3.87. The number of amides is 1. The molecular formula is C27H23ClN2O3. The van der Waals surface area contributed by atoms with Gasteiger partial charge in [0, 0.05) is 27.9 Å². The fraction of sp³-hybridized carbons (Fsp3) is 0.148. The summed E-state index contributed by atoms with van der Waals surface area (Å²) in [6.45, 7) is 3.93. The maximum absolute atomic E-state index is 13.2. The van der Waals surface area contributed by atoms with E-state index in [9.17, 15) is 14.4 Å². The van der Waals surface area contributed by atoms with Crippen LogP contribution in [-0.4, -0.2) is 16.3 Å². The lowest BCUT2D eigenvalue weighted by Gasteiger charge is -2.14. The number of anilines is 1. The summed E-state index contributed by atoms with van der Waals surface area (Å²) in [5.74, 6) is -0.665. The van der Waals surface area contributed by atoms with Gasteiger partial charge >= 0.3 is 0 Å². The number of aryl methyl sites for hydroxylation is 2. The molecule has 166 valence electrons. The van der Waals surface area contributed by atoms with Crippen molar-refractivity contribution in [2.24, 2.45) is 0 Å². The zero-order valence-corrected chi connectivity index (χ0v) is 19.1. The van der Waals surface area contributed by atoms with Crippen molar-refractivity contribution in [2.45, 2.75) is 26.8 Å². The van der Waals surface area contributed by atoms with Crippen LogP contribution in [0.3, 0.4) is 0 Å². The highest BCUT2D eigenvalue weighted by atomic mass is 35.5. The summed E-state index contributed by atoms with van der Waals surface area (Å²) < 4.78 is 1.62. The summed E-state index contributed by atoms with van der Waals surface area (Å²) in [4.78, 5) is 39.2. The Morgan fingerprint density at radius 2 is 1.67 bits per heavy atom. The van der Waals surface area contributed by atoms with E-state index in [4.69, 9.17) is 11.6 Å². The molecule has 0 radical (unpaired) electrons. The Kier molecular flexibility index (Phi) is 6.43. The van der Waals surface area contributed by atoms with Gasteiger partial charge in [-0.2, -0.15) is 0 Å². The van der Waals surface area contributed by atoms with E-state index in [-0.39, 0.29) is 18.0 Å². The normalized spacial score (nSPS) is 10.9. The van der Waals surface area contributed by atoms with Gasteiger partial charge in [-0.1, -0.05) is 60.5 Å². The summed E-state index contributed by atoms with van der Waals surface area (Å²) >= 11 is 6.14. The van der Waals surface area contributed by atoms with Crippen LogP contribution in [0, 0.1) is 6.92 Å². The summed E-state index contributed by atoms with van der Waals surface area (Å²) in [6, 6.07) is 19.5. The molecular weight excluding hydrogens is 436 g/mol. The van der Waals surface area contributed by atoms with E-state index in [1.54, 1.807) is 28.8 Å². The third kappa shape index (κ3) is 4.89. The van der Waals surface area contributed by atoms with Gasteiger partial charge in [0.2, 0.25) is 11.3 Å². The lowest BCUT2D eigenvalue weighted by atomic mass is 10.0. The van der Waals surface area contributed by atoms with Crippen LogP contribution in [0.1, 0.15) is 34.0 Å². The maximum Gasteiger partial charge on any atom is 0.244 e. The van der Waals surface area contributed by atoms with Gasteiger partial charge in [0.1, 0.15) is 6.54 Å². The minimum atomic E-state index is -0.410. The Morgan fingerprint density at radius 1 is 0.970 bits per heavy atom. The standard InChI is InChI=1S/C27H23ClN2O3/c1-3-18-6-8-19(9-7-18)26(32)23-15-30(24-13-10-20(28)14-22(24)27(23)33)16-25(31)29-21-11-4-17(2)5-12-21/h4-15H,3,16H2,1-2H3,(H,29,31). The first-order chi connectivity index (χ1) is 15.9. The first-order valence-electron chi connectivity index (χ1n) is 10.7. The van der Waals surface area contributed by atoms with Crippen LogP contribution in [0.2, 0.25) is 5.02 Å². The van der Waals surface area contributed by atoms with E-state index in [1.165, 1.54) is 12.3 Å². The molecule has 0 fully saturated rings. The number of carbonyl (C=O) groups is 2. The molecule has 0 unspecified atom stereocenters. The smallest absolute Gasteiger partial charge is 0.244 e. The van der Waals surface area contributed by atoms with Gasteiger partial charge in [-0.25, -0.2) is 0 Å². The van der Waals surface area contributed by atoms with E-state index in [0.717, 1.165) is 17.5 Å². The van der Waals surface area contributed by atoms with Crippen molar-refractivity contribution in [3.63, 3.8) is 0 Å². The molecule has 0 spiro atoms. The number of ketones is 1. The Labute approximate surface area is 196 Å². The zero-order chi connectivity index (χ0) is 23.5. The molecule has 1 aromatic heterocycles. The Bertz CT molecular complexity index is 1400. The Hall–Kier alpha value is -3.70. The third-order valence-corrected chi connectivity index (χ3v) is 5.80. The minimum absolute atomic E-state index is 0.00264.